The van der Waals surface area contributed by atoms with Gasteiger partial charge in [0.25, 0.3) is 0 Å². The molecule has 0 heterocycles. The van der Waals surface area contributed by atoms with Gasteiger partial charge in [-0.05, 0) is 30.3 Å². The minimum Gasteiger partial charge on any atom is -0.495 e. The van der Waals surface area contributed by atoms with Crippen molar-refractivity contribution < 1.29 is 9.84 Å². The van der Waals surface area contributed by atoms with Gasteiger partial charge in [-0.1, -0.05) is 28.1 Å². The second-order valence-corrected chi connectivity index (χ2v) is 5.08. The molecule has 0 aliphatic rings. The summed E-state index contributed by atoms with van der Waals surface area (Å²) < 4.78 is 6.32. The molecule has 0 unspecified atom stereocenters. The first-order valence-corrected chi connectivity index (χ1v) is 6.72. The largest absolute Gasteiger partial charge is 0.495 e. The number of methoxy groups -OCH3 is 1. The highest BCUT2D eigenvalue weighted by Crippen LogP contribution is 2.34. The van der Waals surface area contributed by atoms with Crippen molar-refractivity contribution in [3.05, 3.63) is 52.5 Å². The van der Waals surface area contributed by atoms with E-state index in [0.29, 0.717) is 0 Å². The fourth-order valence-electron chi connectivity index (χ4n) is 2.04. The highest BCUT2D eigenvalue weighted by atomic mass is 79.9. The number of halogens is 1. The Balaban J connectivity index is 2.46. The third kappa shape index (κ3) is 2.91. The first kappa shape index (κ1) is 13.9. The van der Waals surface area contributed by atoms with E-state index >= 15 is 0 Å². The summed E-state index contributed by atoms with van der Waals surface area (Å²) in [6.07, 6.45) is 0. The van der Waals surface area contributed by atoms with Crippen LogP contribution in [0.15, 0.2) is 46.9 Å². The van der Waals surface area contributed by atoms with E-state index in [-0.39, 0.29) is 6.61 Å². The minimum absolute atomic E-state index is 0.00569. The van der Waals surface area contributed by atoms with E-state index in [1.807, 2.05) is 54.4 Å². The first-order chi connectivity index (χ1) is 9.17. The predicted octanol–water partition coefficient (Wildman–Crippen LogP) is 3.72. The minimum atomic E-state index is -0.00569. The van der Waals surface area contributed by atoms with Gasteiger partial charge in [-0.25, -0.2) is 0 Å². The zero-order chi connectivity index (χ0) is 13.8. The second-order valence-electron chi connectivity index (χ2n) is 4.16. The van der Waals surface area contributed by atoms with Crippen molar-refractivity contribution in [2.75, 3.05) is 19.1 Å². The van der Waals surface area contributed by atoms with Crippen LogP contribution < -0.4 is 9.64 Å². The van der Waals surface area contributed by atoms with Crippen LogP contribution in [0.4, 0.5) is 11.4 Å². The Hall–Kier alpha value is -1.52. The smallest absolute Gasteiger partial charge is 0.142 e. The third-order valence-corrected chi connectivity index (χ3v) is 3.51. The van der Waals surface area contributed by atoms with Gasteiger partial charge >= 0.3 is 0 Å². The van der Waals surface area contributed by atoms with Crippen molar-refractivity contribution in [3.8, 4) is 5.75 Å². The number of aliphatic hydroxyl groups is 1. The van der Waals surface area contributed by atoms with Gasteiger partial charge in [0.15, 0.2) is 0 Å². The SMILES string of the molecule is COc1ccccc1N(C)c1ccc(Br)cc1CO. The standard InChI is InChI=1S/C15H16BrNO2/c1-17(14-5-3-4-6-15(14)19-2)13-8-7-12(16)9-11(13)10-18/h3-9,18H,10H2,1-2H3. The van der Waals surface area contributed by atoms with Crippen LogP contribution in [-0.4, -0.2) is 19.3 Å². The molecule has 2 rings (SSSR count). The molecule has 0 spiro atoms. The quantitative estimate of drug-likeness (QED) is 0.931. The van der Waals surface area contributed by atoms with Crippen molar-refractivity contribution in [1.82, 2.24) is 0 Å². The van der Waals surface area contributed by atoms with Gasteiger partial charge in [0.2, 0.25) is 0 Å². The van der Waals surface area contributed by atoms with Crippen molar-refractivity contribution >= 4 is 27.3 Å². The number of benzene rings is 2. The van der Waals surface area contributed by atoms with Crippen LogP contribution in [0.5, 0.6) is 5.75 Å². The molecule has 0 amide bonds. The Morgan fingerprint density at radius 1 is 1.16 bits per heavy atom. The highest BCUT2D eigenvalue weighted by molar-refractivity contribution is 9.10. The number of hydrogen-bond donors (Lipinski definition) is 1. The summed E-state index contributed by atoms with van der Waals surface area (Å²) in [5.41, 5.74) is 2.78. The Morgan fingerprint density at radius 2 is 1.89 bits per heavy atom. The van der Waals surface area contributed by atoms with Crippen LogP contribution in [-0.2, 0) is 6.61 Å². The molecule has 2 aromatic carbocycles. The van der Waals surface area contributed by atoms with E-state index < -0.39 is 0 Å². The summed E-state index contributed by atoms with van der Waals surface area (Å²) in [7, 11) is 3.61. The van der Waals surface area contributed by atoms with E-state index in [9.17, 15) is 5.11 Å². The molecular weight excluding hydrogens is 306 g/mol. The first-order valence-electron chi connectivity index (χ1n) is 5.93. The van der Waals surface area contributed by atoms with Gasteiger partial charge in [-0.15, -0.1) is 0 Å². The third-order valence-electron chi connectivity index (χ3n) is 3.02. The topological polar surface area (TPSA) is 32.7 Å². The zero-order valence-electron chi connectivity index (χ0n) is 10.9. The number of hydrogen-bond acceptors (Lipinski definition) is 3. The number of anilines is 2. The van der Waals surface area contributed by atoms with Gasteiger partial charge in [0.1, 0.15) is 5.75 Å². The van der Waals surface area contributed by atoms with Crippen molar-refractivity contribution in [1.29, 1.82) is 0 Å². The van der Waals surface area contributed by atoms with Gasteiger partial charge in [0, 0.05) is 22.8 Å². The molecular formula is C15H16BrNO2. The fourth-order valence-corrected chi connectivity index (χ4v) is 2.45. The number of para-hydroxylation sites is 2. The molecule has 100 valence electrons. The normalized spacial score (nSPS) is 10.3. The highest BCUT2D eigenvalue weighted by Gasteiger charge is 2.12. The van der Waals surface area contributed by atoms with Crippen LogP contribution in [0.3, 0.4) is 0 Å². The molecule has 19 heavy (non-hydrogen) atoms. The number of nitrogens with zero attached hydrogens (tertiary/aromatic N) is 1. The van der Waals surface area contributed by atoms with Crippen molar-refractivity contribution in [2.24, 2.45) is 0 Å². The maximum absolute atomic E-state index is 9.49. The molecule has 2 aromatic rings. The lowest BCUT2D eigenvalue weighted by Crippen LogP contribution is -2.13. The molecule has 0 atom stereocenters. The molecule has 0 saturated heterocycles. The summed E-state index contributed by atoms with van der Waals surface area (Å²) in [6.45, 7) is -0.00569. The van der Waals surface area contributed by atoms with Crippen LogP contribution in [0.25, 0.3) is 0 Å². The number of aliphatic hydroxyl groups excluding tert-OH is 1. The molecule has 0 aliphatic heterocycles. The molecule has 0 saturated carbocycles. The monoisotopic (exact) mass is 321 g/mol. The Labute approximate surface area is 121 Å². The number of ether oxygens (including phenoxy) is 1. The number of rotatable bonds is 4. The summed E-state index contributed by atoms with van der Waals surface area (Å²) >= 11 is 3.42. The summed E-state index contributed by atoms with van der Waals surface area (Å²) in [5.74, 6) is 0.803. The Bertz CT molecular complexity index is 572. The molecule has 0 bridgehead atoms. The van der Waals surface area contributed by atoms with E-state index in [4.69, 9.17) is 4.74 Å². The second kappa shape index (κ2) is 6.08. The van der Waals surface area contributed by atoms with Crippen LogP contribution >= 0.6 is 15.9 Å². The van der Waals surface area contributed by atoms with Gasteiger partial charge < -0.3 is 14.7 Å². The summed E-state index contributed by atoms with van der Waals surface area (Å²) in [6, 6.07) is 13.7. The average Bonchev–Trinajstić information content (AvgIpc) is 2.46. The predicted molar refractivity (Wildman–Crippen MR) is 81.1 cm³/mol. The van der Waals surface area contributed by atoms with Crippen LogP contribution in [0.1, 0.15) is 5.56 Å². The van der Waals surface area contributed by atoms with E-state index in [1.165, 1.54) is 0 Å². The molecule has 0 aliphatic carbocycles. The molecule has 0 radical (unpaired) electrons. The lowest BCUT2D eigenvalue weighted by molar-refractivity contribution is 0.282. The van der Waals surface area contributed by atoms with Gasteiger partial charge in [0.05, 0.1) is 19.4 Å². The van der Waals surface area contributed by atoms with E-state index in [2.05, 4.69) is 15.9 Å². The van der Waals surface area contributed by atoms with Crippen LogP contribution in [0, 0.1) is 0 Å². The lowest BCUT2D eigenvalue weighted by atomic mass is 10.1. The fraction of sp³-hybridized carbons (Fsp3) is 0.200. The van der Waals surface area contributed by atoms with Gasteiger partial charge in [-0.3, -0.25) is 0 Å². The summed E-state index contributed by atoms with van der Waals surface area (Å²) in [5, 5.41) is 9.49. The molecule has 1 N–H and O–H groups in total. The zero-order valence-corrected chi connectivity index (χ0v) is 12.5. The summed E-state index contributed by atoms with van der Waals surface area (Å²) in [4.78, 5) is 2.01. The van der Waals surface area contributed by atoms with Crippen LogP contribution in [0.2, 0.25) is 0 Å². The van der Waals surface area contributed by atoms with E-state index in [1.54, 1.807) is 7.11 Å². The lowest BCUT2D eigenvalue weighted by Gasteiger charge is -2.24. The Kier molecular flexibility index (Phi) is 4.45. The maximum atomic E-state index is 9.49. The molecule has 0 fully saturated rings. The maximum Gasteiger partial charge on any atom is 0.142 e. The van der Waals surface area contributed by atoms with Crippen molar-refractivity contribution in [2.45, 2.75) is 6.61 Å². The molecule has 0 aromatic heterocycles. The van der Waals surface area contributed by atoms with Crippen molar-refractivity contribution in [3.63, 3.8) is 0 Å². The average molecular weight is 322 g/mol. The molecule has 3 nitrogen and oxygen atoms in total. The Morgan fingerprint density at radius 3 is 2.58 bits per heavy atom. The van der Waals surface area contributed by atoms with E-state index in [0.717, 1.165) is 27.2 Å². The molecule has 4 heteroatoms. The van der Waals surface area contributed by atoms with Gasteiger partial charge in [-0.2, -0.15) is 0 Å².